The zero-order valence-corrected chi connectivity index (χ0v) is 12.7. The maximum Gasteiger partial charge on any atom is 0.319 e. The van der Waals surface area contributed by atoms with Gasteiger partial charge in [-0.3, -0.25) is 0 Å². The highest BCUT2D eigenvalue weighted by Gasteiger charge is 2.13. The van der Waals surface area contributed by atoms with E-state index in [9.17, 15) is 4.79 Å². The molecule has 1 fully saturated rings. The highest BCUT2D eigenvalue weighted by Crippen LogP contribution is 2.22. The molecule has 6 heteroatoms. The lowest BCUT2D eigenvalue weighted by molar-refractivity contribution is -0.908. The summed E-state index contributed by atoms with van der Waals surface area (Å²) in [6.07, 6.45) is 2.80. The Kier molecular flexibility index (Phi) is 4.92. The van der Waals surface area contributed by atoms with Crippen molar-refractivity contribution in [1.29, 1.82) is 0 Å². The molecule has 118 valence electrons. The number of amides is 2. The van der Waals surface area contributed by atoms with Crippen molar-refractivity contribution in [2.75, 3.05) is 44.7 Å². The Morgan fingerprint density at radius 2 is 2.09 bits per heavy atom. The van der Waals surface area contributed by atoms with Crippen LogP contribution in [0.3, 0.4) is 0 Å². The third kappa shape index (κ3) is 3.78. The molecule has 1 aliphatic heterocycles. The van der Waals surface area contributed by atoms with Gasteiger partial charge in [0.25, 0.3) is 0 Å². The van der Waals surface area contributed by atoms with E-state index in [1.807, 2.05) is 30.5 Å². The van der Waals surface area contributed by atoms with E-state index in [1.165, 1.54) is 0 Å². The van der Waals surface area contributed by atoms with Crippen LogP contribution in [0.2, 0.25) is 0 Å². The highest BCUT2D eigenvalue weighted by atomic mass is 16.5. The van der Waals surface area contributed by atoms with Crippen LogP contribution in [0.15, 0.2) is 30.5 Å². The van der Waals surface area contributed by atoms with Crippen molar-refractivity contribution in [3.8, 4) is 0 Å². The van der Waals surface area contributed by atoms with Crippen LogP contribution in [0.25, 0.3) is 10.9 Å². The zero-order valence-electron chi connectivity index (χ0n) is 12.7. The summed E-state index contributed by atoms with van der Waals surface area (Å²) >= 11 is 0. The number of quaternary nitrogens is 1. The number of aromatic amines is 1. The highest BCUT2D eigenvalue weighted by molar-refractivity contribution is 6.00. The second kappa shape index (κ2) is 7.29. The minimum absolute atomic E-state index is 0.151. The lowest BCUT2D eigenvalue weighted by Crippen LogP contribution is -3.14. The van der Waals surface area contributed by atoms with E-state index < -0.39 is 0 Å². The van der Waals surface area contributed by atoms with Gasteiger partial charge in [-0.1, -0.05) is 18.2 Å². The maximum absolute atomic E-state index is 11.9. The summed E-state index contributed by atoms with van der Waals surface area (Å²) < 4.78 is 5.33. The number of aromatic nitrogens is 1. The van der Waals surface area contributed by atoms with Gasteiger partial charge in [-0.05, 0) is 6.07 Å². The lowest BCUT2D eigenvalue weighted by Gasteiger charge is -2.23. The SMILES string of the molecule is O=C(NCCC[NH+]1CCOCC1)Nc1c[nH]c2ccccc12. The molecular formula is C16H23N4O2+. The summed E-state index contributed by atoms with van der Waals surface area (Å²) in [4.78, 5) is 16.6. The van der Waals surface area contributed by atoms with Crippen molar-refractivity contribution in [1.82, 2.24) is 10.3 Å². The van der Waals surface area contributed by atoms with Gasteiger partial charge >= 0.3 is 6.03 Å². The number of fused-ring (bicyclic) bond motifs is 1. The first-order valence-corrected chi connectivity index (χ1v) is 7.85. The van der Waals surface area contributed by atoms with Gasteiger partial charge in [0.05, 0.1) is 25.4 Å². The van der Waals surface area contributed by atoms with E-state index in [4.69, 9.17) is 4.74 Å². The standard InChI is InChI=1S/C16H22N4O2/c21-16(17-6-3-7-20-8-10-22-11-9-20)19-15-12-18-14-5-2-1-4-13(14)15/h1-2,4-5,12,18H,3,6-11H2,(H2,17,19,21)/p+1. The largest absolute Gasteiger partial charge is 0.370 e. The first-order valence-electron chi connectivity index (χ1n) is 7.85. The predicted molar refractivity (Wildman–Crippen MR) is 86.3 cm³/mol. The molecule has 1 aromatic carbocycles. The van der Waals surface area contributed by atoms with Crippen LogP contribution in [0, 0.1) is 0 Å². The molecule has 6 nitrogen and oxygen atoms in total. The van der Waals surface area contributed by atoms with Gasteiger partial charge in [0.15, 0.2) is 0 Å². The molecule has 0 bridgehead atoms. The van der Waals surface area contributed by atoms with E-state index >= 15 is 0 Å². The van der Waals surface area contributed by atoms with Crippen LogP contribution in [0.5, 0.6) is 0 Å². The van der Waals surface area contributed by atoms with Crippen LogP contribution in [-0.4, -0.2) is 50.4 Å². The average molecular weight is 303 g/mol. The molecule has 0 spiro atoms. The quantitative estimate of drug-likeness (QED) is 0.611. The van der Waals surface area contributed by atoms with Crippen LogP contribution < -0.4 is 15.5 Å². The van der Waals surface area contributed by atoms with Gasteiger partial charge in [-0.25, -0.2) is 4.79 Å². The molecule has 22 heavy (non-hydrogen) atoms. The van der Waals surface area contributed by atoms with E-state index in [0.717, 1.165) is 55.9 Å². The number of rotatable bonds is 5. The second-order valence-corrected chi connectivity index (χ2v) is 5.59. The van der Waals surface area contributed by atoms with Crippen molar-refractivity contribution >= 4 is 22.6 Å². The lowest BCUT2D eigenvalue weighted by atomic mass is 10.2. The molecule has 2 heterocycles. The number of para-hydroxylation sites is 1. The van der Waals surface area contributed by atoms with Crippen molar-refractivity contribution in [2.45, 2.75) is 6.42 Å². The normalized spacial score (nSPS) is 15.8. The van der Waals surface area contributed by atoms with Gasteiger partial charge in [-0.15, -0.1) is 0 Å². The number of carbonyl (C=O) groups is 1. The molecule has 1 saturated heterocycles. The number of hydrogen-bond donors (Lipinski definition) is 4. The summed E-state index contributed by atoms with van der Waals surface area (Å²) in [6.45, 7) is 5.62. The number of carbonyl (C=O) groups excluding carboxylic acids is 1. The molecule has 0 unspecified atom stereocenters. The third-order valence-electron chi connectivity index (χ3n) is 4.03. The number of urea groups is 1. The predicted octanol–water partition coefficient (Wildman–Crippen LogP) is 0.595. The Balaban J connectivity index is 1.41. The second-order valence-electron chi connectivity index (χ2n) is 5.59. The van der Waals surface area contributed by atoms with Crippen LogP contribution in [0.1, 0.15) is 6.42 Å². The fourth-order valence-corrected chi connectivity index (χ4v) is 2.79. The van der Waals surface area contributed by atoms with E-state index in [0.29, 0.717) is 6.54 Å². The summed E-state index contributed by atoms with van der Waals surface area (Å²) in [5.41, 5.74) is 1.83. The molecule has 1 aromatic heterocycles. The number of anilines is 1. The van der Waals surface area contributed by atoms with Gasteiger partial charge in [0.1, 0.15) is 13.1 Å². The first-order chi connectivity index (χ1) is 10.8. The minimum Gasteiger partial charge on any atom is -0.370 e. The monoisotopic (exact) mass is 303 g/mol. The first kappa shape index (κ1) is 14.9. The van der Waals surface area contributed by atoms with Crippen LogP contribution in [-0.2, 0) is 4.74 Å². The zero-order chi connectivity index (χ0) is 15.2. The molecule has 0 saturated carbocycles. The Hall–Kier alpha value is -2.05. The molecule has 1 aliphatic rings. The Morgan fingerprint density at radius 3 is 2.95 bits per heavy atom. The fraction of sp³-hybridized carbons (Fsp3) is 0.438. The van der Waals surface area contributed by atoms with Crippen molar-refractivity contribution in [2.24, 2.45) is 0 Å². The van der Waals surface area contributed by atoms with Crippen molar-refractivity contribution in [3.63, 3.8) is 0 Å². The Bertz CT molecular complexity index is 619. The molecular weight excluding hydrogens is 280 g/mol. The number of benzene rings is 1. The Labute approximate surface area is 129 Å². The molecule has 3 rings (SSSR count). The van der Waals surface area contributed by atoms with Crippen LogP contribution in [0.4, 0.5) is 10.5 Å². The summed E-state index contributed by atoms with van der Waals surface area (Å²) in [6, 6.07) is 7.76. The number of ether oxygens (including phenoxy) is 1. The minimum atomic E-state index is -0.151. The van der Waals surface area contributed by atoms with Gasteiger partial charge in [0, 0.05) is 30.1 Å². The van der Waals surface area contributed by atoms with Crippen LogP contribution >= 0.6 is 0 Å². The molecule has 2 amide bonds. The molecule has 0 aliphatic carbocycles. The van der Waals surface area contributed by atoms with E-state index in [-0.39, 0.29) is 6.03 Å². The molecule has 4 N–H and O–H groups in total. The van der Waals surface area contributed by atoms with Gasteiger partial charge < -0.3 is 25.3 Å². The van der Waals surface area contributed by atoms with Gasteiger partial charge in [-0.2, -0.15) is 0 Å². The molecule has 2 aromatic rings. The third-order valence-corrected chi connectivity index (χ3v) is 4.03. The summed E-state index contributed by atoms with van der Waals surface area (Å²) in [7, 11) is 0. The average Bonchev–Trinajstić information content (AvgIpc) is 2.96. The molecule has 0 atom stereocenters. The summed E-state index contributed by atoms with van der Waals surface area (Å²) in [5.74, 6) is 0. The van der Waals surface area contributed by atoms with Gasteiger partial charge in [0.2, 0.25) is 0 Å². The number of H-pyrrole nitrogens is 1. The summed E-state index contributed by atoms with van der Waals surface area (Å²) in [5, 5.41) is 6.84. The van der Waals surface area contributed by atoms with Crippen molar-refractivity contribution < 1.29 is 14.4 Å². The Morgan fingerprint density at radius 1 is 1.27 bits per heavy atom. The van der Waals surface area contributed by atoms with Crippen molar-refractivity contribution in [3.05, 3.63) is 30.5 Å². The van der Waals surface area contributed by atoms with E-state index in [2.05, 4.69) is 15.6 Å². The number of hydrogen-bond acceptors (Lipinski definition) is 2. The van der Waals surface area contributed by atoms with E-state index in [1.54, 1.807) is 4.90 Å². The molecule has 0 radical (unpaired) electrons. The smallest absolute Gasteiger partial charge is 0.319 e. The number of nitrogens with one attached hydrogen (secondary N) is 4. The topological polar surface area (TPSA) is 70.6 Å². The maximum atomic E-state index is 11.9. The fourth-order valence-electron chi connectivity index (χ4n) is 2.79. The number of morpholine rings is 1.